The Labute approximate surface area is 70.1 Å². The van der Waals surface area contributed by atoms with Crippen LogP contribution in [0.2, 0.25) is 0 Å². The lowest BCUT2D eigenvalue weighted by molar-refractivity contribution is 0.202. The van der Waals surface area contributed by atoms with E-state index < -0.39 is 0 Å². The van der Waals surface area contributed by atoms with Gasteiger partial charge < -0.3 is 9.15 Å². The van der Waals surface area contributed by atoms with Crippen molar-refractivity contribution in [3.63, 3.8) is 0 Å². The molecule has 4 heteroatoms. The monoisotopic (exact) mass is 173 g/mol. The van der Waals surface area contributed by atoms with Crippen molar-refractivity contribution in [2.75, 3.05) is 13.7 Å². The highest BCUT2D eigenvalue weighted by Gasteiger charge is 2.06. The summed E-state index contributed by atoms with van der Waals surface area (Å²) < 4.78 is 10.0. The van der Waals surface area contributed by atoms with Crippen molar-refractivity contribution in [2.24, 2.45) is 0 Å². The summed E-state index contributed by atoms with van der Waals surface area (Å²) in [6.07, 6.45) is 3.21. The highest BCUT2D eigenvalue weighted by Crippen LogP contribution is 2.20. The molecule has 0 saturated carbocycles. The lowest BCUT2D eigenvalue weighted by atomic mass is 10.5. The summed E-state index contributed by atoms with van der Waals surface area (Å²) in [5.74, 6) is 0. The number of hydrogen-bond acceptors (Lipinski definition) is 4. The molecule has 1 atom stereocenters. The second-order valence-electron chi connectivity index (χ2n) is 2.18. The Morgan fingerprint density at radius 1 is 1.82 bits per heavy atom. The van der Waals surface area contributed by atoms with Gasteiger partial charge in [-0.1, -0.05) is 18.7 Å². The van der Waals surface area contributed by atoms with E-state index in [4.69, 9.17) is 9.15 Å². The molecule has 0 radical (unpaired) electrons. The minimum atomic E-state index is 0.388. The number of hydrogen-bond donors (Lipinski definition) is 0. The van der Waals surface area contributed by atoms with Gasteiger partial charge in [0.1, 0.15) is 6.26 Å². The van der Waals surface area contributed by atoms with E-state index in [-0.39, 0.29) is 0 Å². The number of methoxy groups -OCH3 is 1. The van der Waals surface area contributed by atoms with Crippen LogP contribution in [0.3, 0.4) is 0 Å². The van der Waals surface area contributed by atoms with E-state index in [9.17, 15) is 0 Å². The first kappa shape index (κ1) is 8.62. The van der Waals surface area contributed by atoms with Crippen molar-refractivity contribution >= 4 is 11.8 Å². The lowest BCUT2D eigenvalue weighted by Crippen LogP contribution is -2.04. The number of oxazole rings is 1. The van der Waals surface area contributed by atoms with E-state index in [1.54, 1.807) is 31.3 Å². The number of rotatable bonds is 4. The molecule has 3 nitrogen and oxygen atoms in total. The van der Waals surface area contributed by atoms with Crippen LogP contribution in [-0.2, 0) is 4.74 Å². The fourth-order valence-corrected chi connectivity index (χ4v) is 1.49. The molecule has 0 aliphatic rings. The highest BCUT2D eigenvalue weighted by atomic mass is 32.2. The van der Waals surface area contributed by atoms with Crippen LogP contribution < -0.4 is 0 Å². The van der Waals surface area contributed by atoms with E-state index in [1.165, 1.54) is 0 Å². The maximum atomic E-state index is 5.05. The third kappa shape index (κ3) is 2.95. The van der Waals surface area contributed by atoms with E-state index >= 15 is 0 Å². The topological polar surface area (TPSA) is 35.3 Å². The molecule has 11 heavy (non-hydrogen) atoms. The number of nitrogens with zero attached hydrogens (tertiary/aromatic N) is 1. The molecule has 0 bridgehead atoms. The third-order valence-corrected chi connectivity index (χ3v) is 2.05. The van der Waals surface area contributed by atoms with Gasteiger partial charge in [-0.05, 0) is 0 Å². The van der Waals surface area contributed by atoms with Gasteiger partial charge in [0.25, 0.3) is 5.22 Å². The van der Waals surface area contributed by atoms with Crippen molar-refractivity contribution < 1.29 is 9.15 Å². The Kier molecular flexibility index (Phi) is 3.45. The number of ether oxygens (including phenoxy) is 1. The Balaban J connectivity index is 2.31. The zero-order valence-electron chi connectivity index (χ0n) is 6.61. The Morgan fingerprint density at radius 3 is 3.18 bits per heavy atom. The fourth-order valence-electron chi connectivity index (χ4n) is 0.709. The van der Waals surface area contributed by atoms with Crippen molar-refractivity contribution in [2.45, 2.75) is 17.4 Å². The molecule has 1 rings (SSSR count). The lowest BCUT2D eigenvalue weighted by Gasteiger charge is -2.05. The second-order valence-corrected chi connectivity index (χ2v) is 3.57. The van der Waals surface area contributed by atoms with Crippen molar-refractivity contribution in [3.8, 4) is 0 Å². The summed E-state index contributed by atoms with van der Waals surface area (Å²) in [7, 11) is 1.69. The predicted octanol–water partition coefficient (Wildman–Crippen LogP) is 1.80. The van der Waals surface area contributed by atoms with Gasteiger partial charge >= 0.3 is 0 Å². The smallest absolute Gasteiger partial charge is 0.255 e. The molecule has 0 amide bonds. The minimum Gasteiger partial charge on any atom is -0.440 e. The summed E-state index contributed by atoms with van der Waals surface area (Å²) >= 11 is 1.57. The number of aromatic nitrogens is 1. The van der Waals surface area contributed by atoms with Crippen LogP contribution in [0, 0.1) is 0 Å². The maximum absolute atomic E-state index is 5.05. The highest BCUT2D eigenvalue weighted by molar-refractivity contribution is 7.99. The minimum absolute atomic E-state index is 0.388. The Morgan fingerprint density at radius 2 is 2.64 bits per heavy atom. The van der Waals surface area contributed by atoms with E-state index in [1.807, 2.05) is 0 Å². The van der Waals surface area contributed by atoms with Crippen molar-refractivity contribution in [1.82, 2.24) is 4.98 Å². The van der Waals surface area contributed by atoms with Crippen molar-refractivity contribution in [3.05, 3.63) is 12.5 Å². The summed E-state index contributed by atoms with van der Waals surface area (Å²) in [5.41, 5.74) is 0. The molecular formula is C7H11NO2S. The molecular weight excluding hydrogens is 162 g/mol. The molecule has 0 fully saturated rings. The second kappa shape index (κ2) is 4.41. The first-order valence-electron chi connectivity index (χ1n) is 3.38. The first-order valence-corrected chi connectivity index (χ1v) is 4.26. The fraction of sp³-hybridized carbons (Fsp3) is 0.571. The molecule has 0 aliphatic heterocycles. The normalized spacial score (nSPS) is 13.3. The van der Waals surface area contributed by atoms with Gasteiger partial charge in [0.05, 0.1) is 12.8 Å². The van der Waals surface area contributed by atoms with Gasteiger partial charge in [-0.25, -0.2) is 4.98 Å². The number of thioether (sulfide) groups is 1. The molecule has 0 spiro atoms. The molecule has 0 N–H and O–H groups in total. The van der Waals surface area contributed by atoms with Gasteiger partial charge in [-0.15, -0.1) is 0 Å². The van der Waals surface area contributed by atoms with Crippen LogP contribution >= 0.6 is 11.8 Å². The quantitative estimate of drug-likeness (QED) is 0.650. The van der Waals surface area contributed by atoms with Gasteiger partial charge in [0.2, 0.25) is 0 Å². The summed E-state index contributed by atoms with van der Waals surface area (Å²) in [6.45, 7) is 2.78. The largest absolute Gasteiger partial charge is 0.440 e. The molecule has 1 heterocycles. The molecule has 1 aromatic rings. The van der Waals surface area contributed by atoms with E-state index in [0.717, 1.165) is 0 Å². The van der Waals surface area contributed by atoms with E-state index in [2.05, 4.69) is 11.9 Å². The maximum Gasteiger partial charge on any atom is 0.255 e. The Hall–Kier alpha value is -0.480. The first-order chi connectivity index (χ1) is 5.33. The Bertz CT molecular complexity index is 188. The van der Waals surface area contributed by atoms with Crippen molar-refractivity contribution in [1.29, 1.82) is 0 Å². The SMILES string of the molecule is COCC(C)Sc1ncco1. The van der Waals surface area contributed by atoms with Crippen LogP contribution in [-0.4, -0.2) is 24.0 Å². The van der Waals surface area contributed by atoms with Gasteiger partial charge in [0, 0.05) is 12.4 Å². The standard InChI is InChI=1S/C7H11NO2S/c1-6(5-9-2)11-7-8-3-4-10-7/h3-4,6H,5H2,1-2H3. The molecule has 1 unspecified atom stereocenters. The molecule has 0 aliphatic carbocycles. The zero-order valence-corrected chi connectivity index (χ0v) is 7.43. The molecule has 0 aromatic carbocycles. The third-order valence-electron chi connectivity index (χ3n) is 1.11. The van der Waals surface area contributed by atoms with Crippen LogP contribution in [0.15, 0.2) is 22.1 Å². The average molecular weight is 173 g/mol. The van der Waals surface area contributed by atoms with Crippen LogP contribution in [0.1, 0.15) is 6.92 Å². The average Bonchev–Trinajstić information content (AvgIpc) is 2.40. The van der Waals surface area contributed by atoms with Gasteiger partial charge in [0.15, 0.2) is 0 Å². The van der Waals surface area contributed by atoms with Gasteiger partial charge in [-0.2, -0.15) is 0 Å². The van der Waals surface area contributed by atoms with Crippen LogP contribution in [0.25, 0.3) is 0 Å². The summed E-state index contributed by atoms with van der Waals surface area (Å²) in [4.78, 5) is 3.98. The van der Waals surface area contributed by atoms with Crippen LogP contribution in [0.5, 0.6) is 0 Å². The molecule has 0 saturated heterocycles. The van der Waals surface area contributed by atoms with Gasteiger partial charge in [-0.3, -0.25) is 0 Å². The molecule has 1 aromatic heterocycles. The summed E-state index contributed by atoms with van der Waals surface area (Å²) in [6, 6.07) is 0. The predicted molar refractivity (Wildman–Crippen MR) is 43.7 cm³/mol. The van der Waals surface area contributed by atoms with Crippen LogP contribution in [0.4, 0.5) is 0 Å². The summed E-state index contributed by atoms with van der Waals surface area (Å²) in [5, 5.41) is 1.09. The zero-order chi connectivity index (χ0) is 8.10. The molecule has 62 valence electrons. The van der Waals surface area contributed by atoms with E-state index in [0.29, 0.717) is 17.1 Å².